The number of ether oxygens (including phenoxy) is 1. The van der Waals surface area contributed by atoms with Crippen LogP contribution in [0.2, 0.25) is 0 Å². The molecule has 0 spiro atoms. The molecule has 2 aromatic rings. The molecule has 0 saturated heterocycles. The van der Waals surface area contributed by atoms with Crippen LogP contribution < -0.4 is 10.6 Å². The van der Waals surface area contributed by atoms with E-state index in [9.17, 15) is 14.4 Å². The van der Waals surface area contributed by atoms with E-state index in [4.69, 9.17) is 9.84 Å². The molecule has 0 fully saturated rings. The van der Waals surface area contributed by atoms with Crippen LogP contribution in [0.3, 0.4) is 0 Å². The number of alkyl carbamates (subject to hydrolysis) is 1. The molecular formula is C27H34N2O5. The van der Waals surface area contributed by atoms with Gasteiger partial charge in [-0.2, -0.15) is 0 Å². The molecule has 1 aliphatic rings. The van der Waals surface area contributed by atoms with Crippen molar-refractivity contribution in [3.05, 3.63) is 59.7 Å². The molecule has 0 saturated carbocycles. The van der Waals surface area contributed by atoms with Crippen LogP contribution in [0, 0.1) is 0 Å². The van der Waals surface area contributed by atoms with Gasteiger partial charge in [-0.3, -0.25) is 9.59 Å². The van der Waals surface area contributed by atoms with Crippen LogP contribution in [0.1, 0.15) is 69.9 Å². The van der Waals surface area contributed by atoms with Gasteiger partial charge in [0.1, 0.15) is 6.61 Å². The van der Waals surface area contributed by atoms with E-state index in [1.54, 1.807) is 13.8 Å². The summed E-state index contributed by atoms with van der Waals surface area (Å²) in [6.45, 7) is 5.58. The number of carbonyl (C=O) groups excluding carboxylic acids is 2. The summed E-state index contributed by atoms with van der Waals surface area (Å²) in [4.78, 5) is 36.2. The van der Waals surface area contributed by atoms with Crippen LogP contribution in [0.25, 0.3) is 11.1 Å². The lowest BCUT2D eigenvalue weighted by Gasteiger charge is -2.26. The third kappa shape index (κ3) is 6.59. The summed E-state index contributed by atoms with van der Waals surface area (Å²) in [6.07, 6.45) is 1.73. The number of aliphatic carboxylic acids is 1. The molecule has 0 unspecified atom stereocenters. The number of carboxylic acid groups (broad SMARTS) is 1. The third-order valence-corrected chi connectivity index (χ3v) is 6.07. The number of carbonyl (C=O) groups is 3. The van der Waals surface area contributed by atoms with E-state index in [0.717, 1.165) is 35.1 Å². The molecule has 2 amide bonds. The second-order valence-electron chi connectivity index (χ2n) is 9.52. The Morgan fingerprint density at radius 2 is 1.62 bits per heavy atom. The molecule has 0 bridgehead atoms. The maximum atomic E-state index is 12.7. The number of nitrogens with one attached hydrogen (secondary N) is 2. The second-order valence-corrected chi connectivity index (χ2v) is 9.52. The van der Waals surface area contributed by atoms with Gasteiger partial charge in [0, 0.05) is 23.9 Å². The molecule has 1 aliphatic carbocycles. The van der Waals surface area contributed by atoms with Gasteiger partial charge in [-0.05, 0) is 42.5 Å². The topological polar surface area (TPSA) is 105 Å². The minimum Gasteiger partial charge on any atom is -0.481 e. The van der Waals surface area contributed by atoms with Crippen molar-refractivity contribution < 1.29 is 24.2 Å². The lowest BCUT2D eigenvalue weighted by atomic mass is 9.98. The highest BCUT2D eigenvalue weighted by molar-refractivity contribution is 5.80. The molecule has 0 aliphatic heterocycles. The largest absolute Gasteiger partial charge is 0.481 e. The normalized spacial score (nSPS) is 13.5. The van der Waals surface area contributed by atoms with Crippen LogP contribution in [0.4, 0.5) is 4.79 Å². The van der Waals surface area contributed by atoms with Gasteiger partial charge in [0.05, 0.1) is 6.42 Å². The first-order valence-corrected chi connectivity index (χ1v) is 11.8. The van der Waals surface area contributed by atoms with Crippen LogP contribution in [0.5, 0.6) is 0 Å². The molecule has 7 nitrogen and oxygen atoms in total. The fourth-order valence-corrected chi connectivity index (χ4v) is 4.56. The van der Waals surface area contributed by atoms with E-state index in [2.05, 4.69) is 34.9 Å². The fourth-order valence-electron chi connectivity index (χ4n) is 4.56. The molecule has 7 heteroatoms. The molecular weight excluding hydrogens is 432 g/mol. The van der Waals surface area contributed by atoms with Crippen molar-refractivity contribution in [3.63, 3.8) is 0 Å². The van der Waals surface area contributed by atoms with Crippen molar-refractivity contribution in [1.29, 1.82) is 0 Å². The highest BCUT2D eigenvalue weighted by Crippen LogP contribution is 2.44. The quantitative estimate of drug-likeness (QED) is 0.439. The molecule has 182 valence electrons. The van der Waals surface area contributed by atoms with Gasteiger partial charge in [0.15, 0.2) is 0 Å². The van der Waals surface area contributed by atoms with Gasteiger partial charge in [0.2, 0.25) is 5.91 Å². The van der Waals surface area contributed by atoms with Crippen LogP contribution in [-0.2, 0) is 14.3 Å². The molecule has 3 N–H and O–H groups in total. The highest BCUT2D eigenvalue weighted by atomic mass is 16.5. The van der Waals surface area contributed by atoms with Gasteiger partial charge in [0.25, 0.3) is 0 Å². The Morgan fingerprint density at radius 1 is 1.03 bits per heavy atom. The average Bonchev–Trinajstić information content (AvgIpc) is 3.08. The summed E-state index contributed by atoms with van der Waals surface area (Å²) < 4.78 is 5.63. The summed E-state index contributed by atoms with van der Waals surface area (Å²) >= 11 is 0. The van der Waals surface area contributed by atoms with Crippen molar-refractivity contribution in [2.45, 2.75) is 70.4 Å². The number of unbranched alkanes of at least 4 members (excludes halogenated alkanes) is 1. The molecule has 0 heterocycles. The smallest absolute Gasteiger partial charge is 0.407 e. The number of hydrogen-bond acceptors (Lipinski definition) is 4. The summed E-state index contributed by atoms with van der Waals surface area (Å²) in [5.74, 6) is -1.32. The van der Waals surface area contributed by atoms with Gasteiger partial charge in [-0.1, -0.05) is 68.3 Å². The standard InChI is InChI=1S/C27H34N2O5/c1-4-5-10-18(15-24(30)29-27(2,3)16-25(31)32)28-26(33)34-17-23-21-13-8-6-11-19(21)20-12-7-9-14-22(20)23/h6-9,11-14,18,23H,4-5,10,15-17H2,1-3H3,(H,28,33)(H,29,30)(H,31,32)/t18-/m1/s1. The molecule has 3 rings (SSSR count). The number of carboxylic acids is 1. The SMILES string of the molecule is CCCC[C@H](CC(=O)NC(C)(C)CC(=O)O)NC(=O)OCC1c2ccccc2-c2ccccc21. The molecule has 2 aromatic carbocycles. The lowest BCUT2D eigenvalue weighted by molar-refractivity contribution is -0.138. The van der Waals surface area contributed by atoms with Crippen molar-refractivity contribution in [3.8, 4) is 11.1 Å². The van der Waals surface area contributed by atoms with Gasteiger partial charge < -0.3 is 20.5 Å². The maximum absolute atomic E-state index is 12.7. The monoisotopic (exact) mass is 466 g/mol. The van der Waals surface area contributed by atoms with E-state index in [-0.39, 0.29) is 31.3 Å². The average molecular weight is 467 g/mol. The maximum Gasteiger partial charge on any atom is 0.407 e. The predicted octanol–water partition coefficient (Wildman–Crippen LogP) is 4.84. The first-order chi connectivity index (χ1) is 16.2. The number of fused-ring (bicyclic) bond motifs is 3. The predicted molar refractivity (Wildman–Crippen MR) is 131 cm³/mol. The second kappa shape index (κ2) is 11.2. The zero-order valence-corrected chi connectivity index (χ0v) is 20.1. The summed E-state index contributed by atoms with van der Waals surface area (Å²) in [7, 11) is 0. The van der Waals surface area contributed by atoms with E-state index < -0.39 is 23.6 Å². The first-order valence-electron chi connectivity index (χ1n) is 11.8. The van der Waals surface area contributed by atoms with Crippen molar-refractivity contribution in [2.24, 2.45) is 0 Å². The van der Waals surface area contributed by atoms with E-state index in [1.807, 2.05) is 31.2 Å². The number of benzene rings is 2. The Hall–Kier alpha value is -3.35. The molecule has 34 heavy (non-hydrogen) atoms. The Kier molecular flexibility index (Phi) is 8.31. The van der Waals surface area contributed by atoms with E-state index >= 15 is 0 Å². The first kappa shape index (κ1) is 25.3. The van der Waals surface area contributed by atoms with Gasteiger partial charge in [-0.25, -0.2) is 4.79 Å². The van der Waals surface area contributed by atoms with Crippen LogP contribution >= 0.6 is 0 Å². The van der Waals surface area contributed by atoms with Crippen LogP contribution in [-0.4, -0.2) is 41.3 Å². The minimum atomic E-state index is -0.982. The zero-order chi connectivity index (χ0) is 24.7. The molecule has 0 radical (unpaired) electrons. The number of amides is 2. The minimum absolute atomic E-state index is 0.0349. The number of hydrogen-bond donors (Lipinski definition) is 3. The Labute approximate surface area is 200 Å². The Morgan fingerprint density at radius 3 is 2.18 bits per heavy atom. The third-order valence-electron chi connectivity index (χ3n) is 6.07. The van der Waals surface area contributed by atoms with Crippen molar-refractivity contribution >= 4 is 18.0 Å². The molecule has 0 aromatic heterocycles. The fraction of sp³-hybridized carbons (Fsp3) is 0.444. The molecule has 1 atom stereocenters. The Balaban J connectivity index is 1.60. The van der Waals surface area contributed by atoms with Gasteiger partial charge in [-0.15, -0.1) is 0 Å². The lowest BCUT2D eigenvalue weighted by Crippen LogP contribution is -2.47. The number of rotatable bonds is 11. The Bertz CT molecular complexity index is 988. The van der Waals surface area contributed by atoms with E-state index in [0.29, 0.717) is 6.42 Å². The van der Waals surface area contributed by atoms with Crippen LogP contribution in [0.15, 0.2) is 48.5 Å². The van der Waals surface area contributed by atoms with Crippen molar-refractivity contribution in [2.75, 3.05) is 6.61 Å². The summed E-state index contributed by atoms with van der Waals surface area (Å²) in [5, 5.41) is 14.6. The van der Waals surface area contributed by atoms with Gasteiger partial charge >= 0.3 is 12.1 Å². The highest BCUT2D eigenvalue weighted by Gasteiger charge is 2.30. The summed E-state index contributed by atoms with van der Waals surface area (Å²) in [5.41, 5.74) is 3.72. The van der Waals surface area contributed by atoms with E-state index in [1.165, 1.54) is 0 Å². The zero-order valence-electron chi connectivity index (χ0n) is 20.1. The van der Waals surface area contributed by atoms with Crippen molar-refractivity contribution in [1.82, 2.24) is 10.6 Å². The summed E-state index contributed by atoms with van der Waals surface area (Å²) in [6, 6.07) is 15.9.